The summed E-state index contributed by atoms with van der Waals surface area (Å²) in [6, 6.07) is 13.6. The molecule has 2 aromatic rings. The van der Waals surface area contributed by atoms with Gasteiger partial charge in [-0.15, -0.1) is 0 Å². The fourth-order valence-corrected chi connectivity index (χ4v) is 2.46. The van der Waals surface area contributed by atoms with Gasteiger partial charge in [0.1, 0.15) is 6.61 Å². The Kier molecular flexibility index (Phi) is 8.93. The first-order chi connectivity index (χ1) is 11.1. The number of hydrogen-bond acceptors (Lipinski definition) is 4. The van der Waals surface area contributed by atoms with Gasteiger partial charge in [0.25, 0.3) is 0 Å². The second-order valence-electron chi connectivity index (χ2n) is 5.36. The van der Waals surface area contributed by atoms with Gasteiger partial charge in [0.05, 0.1) is 18.2 Å². The van der Waals surface area contributed by atoms with E-state index < -0.39 is 0 Å². The van der Waals surface area contributed by atoms with E-state index in [0.717, 1.165) is 11.1 Å². The van der Waals surface area contributed by atoms with E-state index in [1.54, 1.807) is 14.0 Å². The molecular formula is C18H22Cl2NO3-. The zero-order valence-electron chi connectivity index (χ0n) is 13.8. The first-order valence-corrected chi connectivity index (χ1v) is 7.90. The SMILES string of the molecule is COc1cc(CNCC(C)O)cc(Cl)c1OCc1ccccc1.[Cl-]. The van der Waals surface area contributed by atoms with Gasteiger partial charge in [-0.1, -0.05) is 41.9 Å². The summed E-state index contributed by atoms with van der Waals surface area (Å²) in [6.07, 6.45) is -0.388. The average molecular weight is 371 g/mol. The number of halogens is 2. The van der Waals surface area contributed by atoms with Crippen molar-refractivity contribution in [2.75, 3.05) is 13.7 Å². The predicted molar refractivity (Wildman–Crippen MR) is 92.2 cm³/mol. The van der Waals surface area contributed by atoms with Crippen LogP contribution in [-0.4, -0.2) is 24.9 Å². The van der Waals surface area contributed by atoms with E-state index in [0.29, 0.717) is 36.2 Å². The van der Waals surface area contributed by atoms with E-state index in [-0.39, 0.29) is 18.5 Å². The molecule has 4 nitrogen and oxygen atoms in total. The van der Waals surface area contributed by atoms with Crippen molar-refractivity contribution in [3.05, 3.63) is 58.6 Å². The molecule has 0 aliphatic carbocycles. The summed E-state index contributed by atoms with van der Waals surface area (Å²) in [7, 11) is 1.59. The van der Waals surface area contributed by atoms with Crippen molar-refractivity contribution in [2.24, 2.45) is 0 Å². The van der Waals surface area contributed by atoms with Crippen LogP contribution in [0.2, 0.25) is 5.02 Å². The topological polar surface area (TPSA) is 50.7 Å². The smallest absolute Gasteiger partial charge is 0.180 e. The lowest BCUT2D eigenvalue weighted by atomic mass is 10.2. The van der Waals surface area contributed by atoms with E-state index in [4.69, 9.17) is 21.1 Å². The maximum atomic E-state index is 9.27. The van der Waals surface area contributed by atoms with Gasteiger partial charge in [0.2, 0.25) is 0 Å². The van der Waals surface area contributed by atoms with Crippen molar-refractivity contribution in [1.82, 2.24) is 5.32 Å². The minimum atomic E-state index is -0.388. The first-order valence-electron chi connectivity index (χ1n) is 7.52. The molecule has 0 fully saturated rings. The molecule has 0 bridgehead atoms. The van der Waals surface area contributed by atoms with E-state index in [9.17, 15) is 5.11 Å². The van der Waals surface area contributed by atoms with Crippen LogP contribution in [0.1, 0.15) is 18.1 Å². The van der Waals surface area contributed by atoms with Crippen molar-refractivity contribution >= 4 is 11.6 Å². The van der Waals surface area contributed by atoms with Crippen LogP contribution in [0.5, 0.6) is 11.5 Å². The van der Waals surface area contributed by atoms with Crippen LogP contribution in [0.15, 0.2) is 42.5 Å². The van der Waals surface area contributed by atoms with Gasteiger partial charge in [-0.3, -0.25) is 0 Å². The first kappa shape index (κ1) is 20.6. The van der Waals surface area contributed by atoms with Crippen LogP contribution in [0.3, 0.4) is 0 Å². The second-order valence-corrected chi connectivity index (χ2v) is 5.77. The standard InChI is InChI=1S/C18H22ClNO3.ClH/c1-13(21)10-20-11-15-8-16(19)18(17(9-15)22-2)23-12-14-6-4-3-5-7-14;/h3-9,13,20-21H,10-12H2,1-2H3;1H/p-1. The van der Waals surface area contributed by atoms with Crippen LogP contribution in [0, 0.1) is 0 Å². The molecule has 0 aliphatic heterocycles. The summed E-state index contributed by atoms with van der Waals surface area (Å²) in [5.41, 5.74) is 2.04. The highest BCUT2D eigenvalue weighted by Crippen LogP contribution is 2.36. The highest BCUT2D eigenvalue weighted by atomic mass is 35.5. The third-order valence-electron chi connectivity index (χ3n) is 3.28. The fourth-order valence-electron chi connectivity index (χ4n) is 2.17. The number of nitrogens with one attached hydrogen (secondary N) is 1. The predicted octanol–water partition coefficient (Wildman–Crippen LogP) is 0.402. The normalized spacial score (nSPS) is 11.5. The monoisotopic (exact) mass is 370 g/mol. The number of aliphatic hydroxyl groups excluding tert-OH is 1. The van der Waals surface area contributed by atoms with Crippen molar-refractivity contribution in [3.8, 4) is 11.5 Å². The Morgan fingerprint density at radius 2 is 1.88 bits per heavy atom. The lowest BCUT2D eigenvalue weighted by Crippen LogP contribution is -3.00. The summed E-state index contributed by atoms with van der Waals surface area (Å²) >= 11 is 6.34. The molecule has 2 rings (SSSR count). The Balaban J connectivity index is 0.00000288. The van der Waals surface area contributed by atoms with Gasteiger partial charge in [-0.2, -0.15) is 0 Å². The molecule has 0 saturated heterocycles. The Hall–Kier alpha value is -1.46. The summed E-state index contributed by atoms with van der Waals surface area (Å²) < 4.78 is 11.2. The highest BCUT2D eigenvalue weighted by molar-refractivity contribution is 6.32. The van der Waals surface area contributed by atoms with Crippen LogP contribution in [-0.2, 0) is 13.2 Å². The van der Waals surface area contributed by atoms with E-state index in [1.807, 2.05) is 42.5 Å². The third kappa shape index (κ3) is 6.21. The summed E-state index contributed by atoms with van der Waals surface area (Å²) in [5, 5.41) is 12.9. The van der Waals surface area contributed by atoms with Gasteiger partial charge < -0.3 is 32.3 Å². The Morgan fingerprint density at radius 1 is 1.17 bits per heavy atom. The molecule has 0 aliphatic rings. The molecule has 0 saturated carbocycles. The zero-order chi connectivity index (χ0) is 16.7. The van der Waals surface area contributed by atoms with Crippen molar-refractivity contribution in [1.29, 1.82) is 0 Å². The maximum absolute atomic E-state index is 9.27. The number of aliphatic hydroxyl groups is 1. The average Bonchev–Trinajstić information content (AvgIpc) is 2.54. The quantitative estimate of drug-likeness (QED) is 0.706. The molecule has 2 N–H and O–H groups in total. The van der Waals surface area contributed by atoms with E-state index in [2.05, 4.69) is 5.32 Å². The van der Waals surface area contributed by atoms with Gasteiger partial charge in [0, 0.05) is 13.1 Å². The largest absolute Gasteiger partial charge is 1.00 e. The number of hydrogen-bond donors (Lipinski definition) is 2. The molecule has 0 heterocycles. The molecule has 0 amide bonds. The van der Waals surface area contributed by atoms with Gasteiger partial charge in [-0.25, -0.2) is 0 Å². The Labute approximate surface area is 154 Å². The molecule has 0 spiro atoms. The van der Waals surface area contributed by atoms with Crippen molar-refractivity contribution in [3.63, 3.8) is 0 Å². The summed E-state index contributed by atoms with van der Waals surface area (Å²) in [4.78, 5) is 0. The van der Waals surface area contributed by atoms with Gasteiger partial charge in [-0.05, 0) is 30.2 Å². The number of ether oxygens (including phenoxy) is 2. The second kappa shape index (κ2) is 10.4. The maximum Gasteiger partial charge on any atom is 0.180 e. The molecule has 1 atom stereocenters. The highest BCUT2D eigenvalue weighted by Gasteiger charge is 2.12. The summed E-state index contributed by atoms with van der Waals surface area (Å²) in [6.45, 7) is 3.28. The van der Waals surface area contributed by atoms with Crippen LogP contribution in [0.4, 0.5) is 0 Å². The zero-order valence-corrected chi connectivity index (χ0v) is 15.3. The molecule has 1 unspecified atom stereocenters. The van der Waals surface area contributed by atoms with Crippen molar-refractivity contribution in [2.45, 2.75) is 26.2 Å². The fraction of sp³-hybridized carbons (Fsp3) is 0.333. The third-order valence-corrected chi connectivity index (χ3v) is 3.56. The van der Waals surface area contributed by atoms with Gasteiger partial charge in [0.15, 0.2) is 11.5 Å². The van der Waals surface area contributed by atoms with Gasteiger partial charge >= 0.3 is 0 Å². The number of methoxy groups -OCH3 is 1. The minimum Gasteiger partial charge on any atom is -1.00 e. The van der Waals surface area contributed by atoms with Crippen LogP contribution in [0.25, 0.3) is 0 Å². The number of benzene rings is 2. The Morgan fingerprint density at radius 3 is 2.50 bits per heavy atom. The lowest BCUT2D eigenvalue weighted by Gasteiger charge is -2.15. The van der Waals surface area contributed by atoms with E-state index in [1.165, 1.54) is 0 Å². The van der Waals surface area contributed by atoms with Crippen LogP contribution >= 0.6 is 11.6 Å². The molecule has 0 aromatic heterocycles. The minimum absolute atomic E-state index is 0. The molecule has 6 heteroatoms. The molecule has 2 aromatic carbocycles. The van der Waals surface area contributed by atoms with Crippen LogP contribution < -0.4 is 27.2 Å². The molecule has 24 heavy (non-hydrogen) atoms. The molecular weight excluding hydrogens is 349 g/mol. The molecule has 132 valence electrons. The lowest BCUT2D eigenvalue weighted by molar-refractivity contribution is -0.00000741. The molecule has 0 radical (unpaired) electrons. The number of rotatable bonds is 8. The van der Waals surface area contributed by atoms with Crippen molar-refractivity contribution < 1.29 is 27.0 Å². The Bertz CT molecular complexity index is 621. The summed E-state index contributed by atoms with van der Waals surface area (Å²) in [5.74, 6) is 1.14. The van der Waals surface area contributed by atoms with E-state index >= 15 is 0 Å².